The molecule has 0 N–H and O–H groups in total. The van der Waals surface area contributed by atoms with E-state index in [2.05, 4.69) is 109 Å². The molecule has 6 rings (SSSR count). The Hall–Kier alpha value is -3.64. The maximum Gasteiger partial charge on any atom is -0.00986 e. The van der Waals surface area contributed by atoms with E-state index in [1.165, 1.54) is 54.2 Å². The first kappa shape index (κ1) is 15.4. The predicted octanol–water partition coefficient (Wildman–Crippen LogP) is 7.97. The molecule has 0 bridgehead atoms. The van der Waals surface area contributed by atoms with Crippen molar-refractivity contribution >= 4 is 43.1 Å². The topological polar surface area (TPSA) is 0 Å². The van der Waals surface area contributed by atoms with Crippen LogP contribution in [0, 0.1) is 0 Å². The van der Waals surface area contributed by atoms with Crippen LogP contribution >= 0.6 is 0 Å². The number of hydrogen-bond donors (Lipinski definition) is 0. The highest BCUT2D eigenvalue weighted by atomic mass is 14.1. The SMILES string of the molecule is c1ccc2cc(-c3cc4cc5ccccc5cc4c4ccccc34)ccc2c1. The van der Waals surface area contributed by atoms with E-state index in [0.29, 0.717) is 0 Å². The Labute approximate surface area is 163 Å². The average Bonchev–Trinajstić information content (AvgIpc) is 2.77. The number of hydrogen-bond acceptors (Lipinski definition) is 0. The van der Waals surface area contributed by atoms with Crippen LogP contribution in [-0.2, 0) is 0 Å². The third-order valence-electron chi connectivity index (χ3n) is 5.79. The standard InChI is InChI=1S/C28H18/c1-2-8-20-15-23(14-13-19(20)7-1)27-18-24-16-21-9-3-4-10-22(21)17-28(24)26-12-6-5-11-25(26)27/h1-18H. The molecule has 0 nitrogen and oxygen atoms in total. The van der Waals surface area contributed by atoms with Gasteiger partial charge in [-0.1, -0.05) is 84.9 Å². The van der Waals surface area contributed by atoms with Crippen LogP contribution in [0.4, 0.5) is 0 Å². The zero-order chi connectivity index (χ0) is 18.5. The molecule has 0 heterocycles. The van der Waals surface area contributed by atoms with Gasteiger partial charge in [-0.05, 0) is 78.5 Å². The minimum atomic E-state index is 1.27. The zero-order valence-electron chi connectivity index (χ0n) is 15.4. The molecule has 0 radical (unpaired) electrons. The van der Waals surface area contributed by atoms with Gasteiger partial charge in [0.15, 0.2) is 0 Å². The first-order chi connectivity index (χ1) is 13.9. The summed E-state index contributed by atoms with van der Waals surface area (Å²) < 4.78 is 0. The van der Waals surface area contributed by atoms with Gasteiger partial charge in [0.05, 0.1) is 0 Å². The van der Waals surface area contributed by atoms with Crippen LogP contribution in [0.2, 0.25) is 0 Å². The van der Waals surface area contributed by atoms with Crippen LogP contribution in [-0.4, -0.2) is 0 Å². The van der Waals surface area contributed by atoms with Gasteiger partial charge in [-0.25, -0.2) is 0 Å². The molecule has 0 fully saturated rings. The Kier molecular flexibility index (Phi) is 3.27. The second kappa shape index (κ2) is 5.94. The highest BCUT2D eigenvalue weighted by molar-refractivity contribution is 6.17. The molecule has 0 aromatic heterocycles. The van der Waals surface area contributed by atoms with E-state index >= 15 is 0 Å². The van der Waals surface area contributed by atoms with Crippen molar-refractivity contribution in [3.8, 4) is 11.1 Å². The second-order valence-electron chi connectivity index (χ2n) is 7.45. The van der Waals surface area contributed by atoms with Crippen molar-refractivity contribution in [1.29, 1.82) is 0 Å². The summed E-state index contributed by atoms with van der Waals surface area (Å²) in [5, 5.41) is 10.4. The fraction of sp³-hybridized carbons (Fsp3) is 0. The second-order valence-corrected chi connectivity index (χ2v) is 7.45. The van der Waals surface area contributed by atoms with E-state index in [0.717, 1.165) is 0 Å². The van der Waals surface area contributed by atoms with Crippen molar-refractivity contribution in [1.82, 2.24) is 0 Å². The van der Waals surface area contributed by atoms with Crippen molar-refractivity contribution < 1.29 is 0 Å². The zero-order valence-corrected chi connectivity index (χ0v) is 15.4. The average molecular weight is 354 g/mol. The number of fused-ring (bicyclic) bond motifs is 5. The van der Waals surface area contributed by atoms with E-state index in [1.807, 2.05) is 0 Å². The Balaban J connectivity index is 1.73. The van der Waals surface area contributed by atoms with Gasteiger partial charge in [0.25, 0.3) is 0 Å². The lowest BCUT2D eigenvalue weighted by molar-refractivity contribution is 1.70. The third-order valence-corrected chi connectivity index (χ3v) is 5.79. The number of benzene rings is 6. The highest BCUT2D eigenvalue weighted by Crippen LogP contribution is 2.37. The minimum Gasteiger partial charge on any atom is -0.0616 e. The molecule has 0 spiro atoms. The maximum atomic E-state index is 2.36. The van der Waals surface area contributed by atoms with Crippen LogP contribution in [0.15, 0.2) is 109 Å². The van der Waals surface area contributed by atoms with Gasteiger partial charge in [-0.3, -0.25) is 0 Å². The largest absolute Gasteiger partial charge is 0.0616 e. The van der Waals surface area contributed by atoms with Gasteiger partial charge >= 0.3 is 0 Å². The lowest BCUT2D eigenvalue weighted by Crippen LogP contribution is -1.86. The van der Waals surface area contributed by atoms with Gasteiger partial charge in [0, 0.05) is 0 Å². The molecule has 0 saturated heterocycles. The number of rotatable bonds is 1. The third kappa shape index (κ3) is 2.32. The fourth-order valence-electron chi connectivity index (χ4n) is 4.39. The normalized spacial score (nSPS) is 11.6. The monoisotopic (exact) mass is 354 g/mol. The molecule has 0 atom stereocenters. The molecule has 0 heteroatoms. The maximum absolute atomic E-state index is 2.36. The molecule has 0 aliphatic carbocycles. The summed E-state index contributed by atoms with van der Waals surface area (Å²) >= 11 is 0. The van der Waals surface area contributed by atoms with E-state index in [4.69, 9.17) is 0 Å². The van der Waals surface area contributed by atoms with Gasteiger partial charge < -0.3 is 0 Å². The molecular weight excluding hydrogens is 336 g/mol. The molecular formula is C28H18. The van der Waals surface area contributed by atoms with E-state index in [1.54, 1.807) is 0 Å². The molecule has 6 aromatic rings. The van der Waals surface area contributed by atoms with Crippen molar-refractivity contribution in [3.63, 3.8) is 0 Å². The van der Waals surface area contributed by atoms with Crippen molar-refractivity contribution in [3.05, 3.63) is 109 Å². The lowest BCUT2D eigenvalue weighted by atomic mass is 9.91. The van der Waals surface area contributed by atoms with Crippen LogP contribution in [0.5, 0.6) is 0 Å². The lowest BCUT2D eigenvalue weighted by Gasteiger charge is -2.13. The molecule has 0 aliphatic heterocycles. The Morgan fingerprint density at radius 3 is 1.71 bits per heavy atom. The Morgan fingerprint density at radius 1 is 0.321 bits per heavy atom. The van der Waals surface area contributed by atoms with E-state index < -0.39 is 0 Å². The molecule has 6 aromatic carbocycles. The summed E-state index contributed by atoms with van der Waals surface area (Å²) in [6.45, 7) is 0. The van der Waals surface area contributed by atoms with E-state index in [-0.39, 0.29) is 0 Å². The van der Waals surface area contributed by atoms with Gasteiger partial charge in [0.2, 0.25) is 0 Å². The first-order valence-corrected chi connectivity index (χ1v) is 9.70. The summed E-state index contributed by atoms with van der Waals surface area (Å²) in [6.07, 6.45) is 0. The highest BCUT2D eigenvalue weighted by Gasteiger charge is 2.10. The fourth-order valence-corrected chi connectivity index (χ4v) is 4.39. The summed E-state index contributed by atoms with van der Waals surface area (Å²) in [5.41, 5.74) is 2.56. The summed E-state index contributed by atoms with van der Waals surface area (Å²) in [6, 6.07) is 39.7. The van der Waals surface area contributed by atoms with Crippen LogP contribution in [0.1, 0.15) is 0 Å². The van der Waals surface area contributed by atoms with Gasteiger partial charge in [0.1, 0.15) is 0 Å². The molecule has 0 amide bonds. The molecule has 0 unspecified atom stereocenters. The Bertz CT molecular complexity index is 1510. The minimum absolute atomic E-state index is 1.27. The van der Waals surface area contributed by atoms with Gasteiger partial charge in [-0.2, -0.15) is 0 Å². The summed E-state index contributed by atoms with van der Waals surface area (Å²) in [4.78, 5) is 0. The van der Waals surface area contributed by atoms with Gasteiger partial charge in [-0.15, -0.1) is 0 Å². The molecule has 130 valence electrons. The van der Waals surface area contributed by atoms with E-state index in [9.17, 15) is 0 Å². The van der Waals surface area contributed by atoms with Crippen LogP contribution in [0.3, 0.4) is 0 Å². The summed E-state index contributed by atoms with van der Waals surface area (Å²) in [5.74, 6) is 0. The molecule has 0 aliphatic rings. The smallest absolute Gasteiger partial charge is 0.00986 e. The first-order valence-electron chi connectivity index (χ1n) is 9.70. The van der Waals surface area contributed by atoms with Crippen LogP contribution in [0.25, 0.3) is 54.2 Å². The van der Waals surface area contributed by atoms with Crippen molar-refractivity contribution in [2.75, 3.05) is 0 Å². The van der Waals surface area contributed by atoms with Crippen molar-refractivity contribution in [2.45, 2.75) is 0 Å². The Morgan fingerprint density at radius 2 is 0.929 bits per heavy atom. The molecule has 0 saturated carbocycles. The van der Waals surface area contributed by atoms with Crippen LogP contribution < -0.4 is 0 Å². The summed E-state index contributed by atoms with van der Waals surface area (Å²) in [7, 11) is 0. The molecule has 28 heavy (non-hydrogen) atoms. The quantitative estimate of drug-likeness (QED) is 0.207. The predicted molar refractivity (Wildman–Crippen MR) is 122 cm³/mol. The van der Waals surface area contributed by atoms with Crippen molar-refractivity contribution in [2.24, 2.45) is 0 Å².